The van der Waals surface area contributed by atoms with Gasteiger partial charge in [0, 0.05) is 6.61 Å². The van der Waals surface area contributed by atoms with E-state index in [2.05, 4.69) is 5.32 Å². The third-order valence-electron chi connectivity index (χ3n) is 3.03. The molecule has 4 nitrogen and oxygen atoms in total. The van der Waals surface area contributed by atoms with Gasteiger partial charge in [-0.2, -0.15) is 0 Å². The van der Waals surface area contributed by atoms with E-state index in [1.54, 1.807) is 0 Å². The Balaban J connectivity index is 2.28. The summed E-state index contributed by atoms with van der Waals surface area (Å²) in [7, 11) is 0. The molecule has 2 atom stereocenters. The molecule has 2 unspecified atom stereocenters. The molecule has 0 aromatic heterocycles. The Kier molecular flexibility index (Phi) is 5.77. The van der Waals surface area contributed by atoms with Gasteiger partial charge in [0.05, 0.1) is 25.2 Å². The fraction of sp³-hybridized carbons (Fsp3) is 0.917. The predicted molar refractivity (Wildman–Crippen MR) is 62.1 cm³/mol. The Bertz CT molecular complexity index is 212. The highest BCUT2D eigenvalue weighted by atomic mass is 16.5. The number of aliphatic hydroxyl groups is 1. The van der Waals surface area contributed by atoms with Crippen LogP contribution in [-0.4, -0.2) is 36.4 Å². The van der Waals surface area contributed by atoms with E-state index in [-0.39, 0.29) is 30.6 Å². The minimum absolute atomic E-state index is 0.00503. The van der Waals surface area contributed by atoms with Gasteiger partial charge in [0.2, 0.25) is 5.91 Å². The molecule has 1 amide bonds. The van der Waals surface area contributed by atoms with Gasteiger partial charge in [0.15, 0.2) is 0 Å². The molecule has 0 aromatic carbocycles. The summed E-state index contributed by atoms with van der Waals surface area (Å²) in [6.45, 7) is 4.73. The second-order valence-electron chi connectivity index (χ2n) is 4.79. The van der Waals surface area contributed by atoms with E-state index in [9.17, 15) is 4.79 Å². The van der Waals surface area contributed by atoms with Crippen molar-refractivity contribution in [3.05, 3.63) is 0 Å². The first-order chi connectivity index (χ1) is 7.63. The van der Waals surface area contributed by atoms with Crippen LogP contribution in [-0.2, 0) is 9.53 Å². The molecule has 1 aliphatic heterocycles. The average molecular weight is 229 g/mol. The maximum atomic E-state index is 11.7. The summed E-state index contributed by atoms with van der Waals surface area (Å²) in [6, 6.07) is -0.143. The van der Waals surface area contributed by atoms with Crippen LogP contribution in [0.5, 0.6) is 0 Å². The van der Waals surface area contributed by atoms with Crippen LogP contribution in [0.1, 0.15) is 39.5 Å². The molecule has 0 radical (unpaired) electrons. The monoisotopic (exact) mass is 229 g/mol. The van der Waals surface area contributed by atoms with E-state index in [1.807, 2.05) is 13.8 Å². The zero-order valence-electron chi connectivity index (χ0n) is 10.2. The van der Waals surface area contributed by atoms with Gasteiger partial charge in [0.25, 0.3) is 0 Å². The third kappa shape index (κ3) is 4.49. The van der Waals surface area contributed by atoms with Gasteiger partial charge in [-0.1, -0.05) is 13.8 Å². The maximum absolute atomic E-state index is 11.7. The summed E-state index contributed by atoms with van der Waals surface area (Å²) >= 11 is 0. The van der Waals surface area contributed by atoms with Crippen molar-refractivity contribution in [1.29, 1.82) is 0 Å². The molecule has 1 saturated heterocycles. The van der Waals surface area contributed by atoms with Crippen LogP contribution < -0.4 is 5.32 Å². The quantitative estimate of drug-likeness (QED) is 0.741. The minimum Gasteiger partial charge on any atom is -0.394 e. The fourth-order valence-electron chi connectivity index (χ4n) is 1.86. The maximum Gasteiger partial charge on any atom is 0.222 e. The number of hydrogen-bond acceptors (Lipinski definition) is 3. The number of carbonyl (C=O) groups excluding carboxylic acids is 1. The van der Waals surface area contributed by atoms with Crippen LogP contribution in [0, 0.1) is 5.92 Å². The largest absolute Gasteiger partial charge is 0.394 e. The summed E-state index contributed by atoms with van der Waals surface area (Å²) in [5.41, 5.74) is 0. The van der Waals surface area contributed by atoms with Gasteiger partial charge in [-0.3, -0.25) is 4.79 Å². The Labute approximate surface area is 97.4 Å². The molecule has 1 rings (SSSR count). The Morgan fingerprint density at radius 3 is 2.75 bits per heavy atom. The van der Waals surface area contributed by atoms with Crippen molar-refractivity contribution in [2.75, 3.05) is 13.2 Å². The fourth-order valence-corrected chi connectivity index (χ4v) is 1.86. The van der Waals surface area contributed by atoms with Crippen LogP contribution in [0.3, 0.4) is 0 Å². The molecule has 0 spiro atoms. The highest BCUT2D eigenvalue weighted by Gasteiger charge is 2.20. The molecule has 0 aliphatic carbocycles. The van der Waals surface area contributed by atoms with Crippen molar-refractivity contribution in [2.24, 2.45) is 5.92 Å². The van der Waals surface area contributed by atoms with Crippen molar-refractivity contribution in [3.63, 3.8) is 0 Å². The van der Waals surface area contributed by atoms with Gasteiger partial charge in [-0.05, 0) is 25.2 Å². The first-order valence-electron chi connectivity index (χ1n) is 6.15. The van der Waals surface area contributed by atoms with Crippen molar-refractivity contribution in [3.8, 4) is 0 Å². The predicted octanol–water partition coefficient (Wildman–Crippen LogP) is 1.08. The first-order valence-corrected chi connectivity index (χ1v) is 6.15. The lowest BCUT2D eigenvalue weighted by atomic mass is 10.0. The van der Waals surface area contributed by atoms with Crippen LogP contribution in [0.25, 0.3) is 0 Å². The Morgan fingerprint density at radius 2 is 2.25 bits per heavy atom. The molecule has 4 heteroatoms. The van der Waals surface area contributed by atoms with E-state index in [0.717, 1.165) is 25.9 Å². The van der Waals surface area contributed by atoms with Crippen LogP contribution in [0.2, 0.25) is 0 Å². The molecule has 16 heavy (non-hydrogen) atoms. The molecule has 2 N–H and O–H groups in total. The smallest absolute Gasteiger partial charge is 0.222 e. The van der Waals surface area contributed by atoms with Crippen LogP contribution in [0.15, 0.2) is 0 Å². The molecular formula is C12H23NO3. The lowest BCUT2D eigenvalue weighted by Crippen LogP contribution is -2.42. The number of nitrogens with one attached hydrogen (secondary N) is 1. The summed E-state index contributed by atoms with van der Waals surface area (Å²) in [4.78, 5) is 11.7. The van der Waals surface area contributed by atoms with Gasteiger partial charge in [-0.15, -0.1) is 0 Å². The highest BCUT2D eigenvalue weighted by molar-refractivity contribution is 5.76. The van der Waals surface area contributed by atoms with Gasteiger partial charge >= 0.3 is 0 Å². The van der Waals surface area contributed by atoms with E-state index < -0.39 is 0 Å². The van der Waals surface area contributed by atoms with Gasteiger partial charge < -0.3 is 15.2 Å². The number of hydrogen-bond donors (Lipinski definition) is 2. The number of aliphatic hydroxyl groups excluding tert-OH is 1. The topological polar surface area (TPSA) is 58.6 Å². The Morgan fingerprint density at radius 1 is 1.50 bits per heavy atom. The van der Waals surface area contributed by atoms with Crippen molar-refractivity contribution >= 4 is 5.91 Å². The Hall–Kier alpha value is -0.610. The standard InChI is InChI=1S/C12H23NO3/c1-9(2)11(8-14)13-12(15)7-10-5-3-4-6-16-10/h9-11,14H,3-8H2,1-2H3,(H,13,15). The number of ether oxygens (including phenoxy) is 1. The van der Waals surface area contributed by atoms with Gasteiger partial charge in [0.1, 0.15) is 0 Å². The summed E-state index contributed by atoms with van der Waals surface area (Å²) < 4.78 is 5.50. The third-order valence-corrected chi connectivity index (χ3v) is 3.03. The highest BCUT2D eigenvalue weighted by Crippen LogP contribution is 2.15. The van der Waals surface area contributed by atoms with Crippen molar-refractivity contribution in [1.82, 2.24) is 5.32 Å². The van der Waals surface area contributed by atoms with E-state index >= 15 is 0 Å². The average Bonchev–Trinajstić information content (AvgIpc) is 2.27. The van der Waals surface area contributed by atoms with Gasteiger partial charge in [-0.25, -0.2) is 0 Å². The zero-order chi connectivity index (χ0) is 12.0. The lowest BCUT2D eigenvalue weighted by Gasteiger charge is -2.24. The van der Waals surface area contributed by atoms with Crippen molar-refractivity contribution < 1.29 is 14.6 Å². The molecular weight excluding hydrogens is 206 g/mol. The van der Waals surface area contributed by atoms with Crippen molar-refractivity contribution in [2.45, 2.75) is 51.7 Å². The van der Waals surface area contributed by atoms with E-state index in [1.165, 1.54) is 0 Å². The SMILES string of the molecule is CC(C)C(CO)NC(=O)CC1CCCCO1. The molecule has 0 aromatic rings. The second-order valence-corrected chi connectivity index (χ2v) is 4.79. The molecule has 0 saturated carbocycles. The minimum atomic E-state index is -0.143. The molecule has 94 valence electrons. The summed E-state index contributed by atoms with van der Waals surface area (Å²) in [6.07, 6.45) is 3.71. The van der Waals surface area contributed by atoms with E-state index in [4.69, 9.17) is 9.84 Å². The van der Waals surface area contributed by atoms with E-state index in [0.29, 0.717) is 6.42 Å². The second kappa shape index (κ2) is 6.86. The molecule has 1 aliphatic rings. The summed E-state index contributed by atoms with van der Waals surface area (Å²) in [5, 5.41) is 11.9. The van der Waals surface area contributed by atoms with Crippen LogP contribution in [0.4, 0.5) is 0 Å². The molecule has 1 heterocycles. The summed E-state index contributed by atoms with van der Waals surface area (Å²) in [5.74, 6) is 0.237. The zero-order valence-corrected chi connectivity index (χ0v) is 10.2. The first kappa shape index (κ1) is 13.5. The number of amides is 1. The normalized spacial score (nSPS) is 23.1. The number of rotatable bonds is 5. The molecule has 0 bridgehead atoms. The number of carbonyl (C=O) groups is 1. The molecule has 1 fully saturated rings. The van der Waals surface area contributed by atoms with Crippen LogP contribution >= 0.6 is 0 Å². The lowest BCUT2D eigenvalue weighted by molar-refractivity contribution is -0.126.